The fraction of sp³-hybridized carbons (Fsp3) is 0.583. The number of carbonyl (C=O) groups is 1. The van der Waals surface area contributed by atoms with E-state index >= 15 is 0 Å². The van der Waals surface area contributed by atoms with Crippen LogP contribution in [-0.4, -0.2) is 41.5 Å². The van der Waals surface area contributed by atoms with Crippen molar-refractivity contribution in [1.29, 1.82) is 0 Å². The molecule has 0 amide bonds. The smallest absolute Gasteiger partial charge is 0.341 e. The van der Waals surface area contributed by atoms with Gasteiger partial charge in [0.2, 0.25) is 0 Å². The molecule has 0 aromatic carbocycles. The molecule has 0 unspecified atom stereocenters. The van der Waals surface area contributed by atoms with E-state index < -0.39 is 24.2 Å². The molecule has 0 bridgehead atoms. The van der Waals surface area contributed by atoms with Crippen LogP contribution in [0.1, 0.15) is 34.8 Å². The molecule has 6 nitrogen and oxygen atoms in total. The number of esters is 1. The van der Waals surface area contributed by atoms with Gasteiger partial charge >= 0.3 is 5.97 Å². The number of furan rings is 1. The fourth-order valence-electron chi connectivity index (χ4n) is 2.05. The van der Waals surface area contributed by atoms with E-state index in [0.717, 1.165) is 0 Å². The number of ether oxygens (including phenoxy) is 1. The van der Waals surface area contributed by atoms with Gasteiger partial charge in [0.15, 0.2) is 0 Å². The first kappa shape index (κ1) is 13.1. The number of rotatable bonds is 3. The van der Waals surface area contributed by atoms with Crippen LogP contribution in [0.25, 0.3) is 0 Å². The zero-order valence-electron chi connectivity index (χ0n) is 10.3. The van der Waals surface area contributed by atoms with Crippen molar-refractivity contribution in [3.8, 4) is 0 Å². The Morgan fingerprint density at radius 1 is 1.61 bits per heavy atom. The van der Waals surface area contributed by atoms with Gasteiger partial charge in [-0.3, -0.25) is 0 Å². The van der Waals surface area contributed by atoms with Crippen LogP contribution in [0.4, 0.5) is 0 Å². The predicted molar refractivity (Wildman–Crippen MR) is 62.2 cm³/mol. The lowest BCUT2D eigenvalue weighted by Gasteiger charge is -2.12. The molecule has 6 heteroatoms. The summed E-state index contributed by atoms with van der Waals surface area (Å²) >= 11 is 0. The van der Waals surface area contributed by atoms with Crippen molar-refractivity contribution in [2.24, 2.45) is 0 Å². The van der Waals surface area contributed by atoms with Gasteiger partial charge in [-0.25, -0.2) is 4.79 Å². The third kappa shape index (κ3) is 2.27. The average molecular weight is 255 g/mol. The molecule has 100 valence electrons. The van der Waals surface area contributed by atoms with E-state index in [2.05, 4.69) is 5.32 Å². The summed E-state index contributed by atoms with van der Waals surface area (Å²) in [6, 6.07) is 1.05. The molecule has 1 saturated heterocycles. The van der Waals surface area contributed by atoms with Crippen molar-refractivity contribution in [2.75, 3.05) is 13.2 Å². The van der Waals surface area contributed by atoms with Crippen molar-refractivity contribution >= 4 is 5.97 Å². The topological polar surface area (TPSA) is 91.9 Å². The van der Waals surface area contributed by atoms with Crippen LogP contribution in [0.5, 0.6) is 0 Å². The summed E-state index contributed by atoms with van der Waals surface area (Å²) in [6.07, 6.45) is -1.77. The molecule has 1 fully saturated rings. The van der Waals surface area contributed by atoms with Gasteiger partial charge in [0.05, 0.1) is 18.8 Å². The number of β-amino-alcohol motifs (C(OH)–C–C–N with tert-alkyl or cyclic N) is 1. The Morgan fingerprint density at radius 3 is 2.89 bits per heavy atom. The Morgan fingerprint density at radius 2 is 2.33 bits per heavy atom. The van der Waals surface area contributed by atoms with Crippen molar-refractivity contribution < 1.29 is 24.2 Å². The van der Waals surface area contributed by atoms with Crippen molar-refractivity contribution in [3.63, 3.8) is 0 Å². The molecule has 0 aliphatic carbocycles. The molecule has 1 aliphatic rings. The summed E-state index contributed by atoms with van der Waals surface area (Å²) < 4.78 is 10.4. The van der Waals surface area contributed by atoms with Crippen LogP contribution in [0.15, 0.2) is 10.5 Å². The maximum Gasteiger partial charge on any atom is 0.341 e. The van der Waals surface area contributed by atoms with E-state index in [0.29, 0.717) is 30.2 Å². The largest absolute Gasteiger partial charge is 0.464 e. The van der Waals surface area contributed by atoms with Crippen LogP contribution >= 0.6 is 0 Å². The number of aliphatic hydroxyl groups is 2. The van der Waals surface area contributed by atoms with E-state index in [9.17, 15) is 15.0 Å². The van der Waals surface area contributed by atoms with Gasteiger partial charge in [-0.2, -0.15) is 0 Å². The lowest BCUT2D eigenvalue weighted by molar-refractivity contribution is 0.0368. The van der Waals surface area contributed by atoms with Crippen LogP contribution in [-0.2, 0) is 4.74 Å². The van der Waals surface area contributed by atoms with Crippen molar-refractivity contribution in [2.45, 2.75) is 32.1 Å². The highest BCUT2D eigenvalue weighted by Crippen LogP contribution is 2.28. The first-order valence-electron chi connectivity index (χ1n) is 5.91. The number of nitrogens with one attached hydrogen (secondary N) is 1. The zero-order chi connectivity index (χ0) is 13.3. The summed E-state index contributed by atoms with van der Waals surface area (Å²) in [5.41, 5.74) is 0.349. The van der Waals surface area contributed by atoms with Gasteiger partial charge in [-0.15, -0.1) is 0 Å². The summed E-state index contributed by atoms with van der Waals surface area (Å²) in [4.78, 5) is 11.6. The standard InChI is InChI=1S/C12H17NO5/c1-3-17-12(16)7-4-9(18-6(7)2)10-11(15)8(14)5-13-10/h4,8,10-11,13-15H,3,5H2,1-2H3/t8-,10-,11-/m1/s1. The van der Waals surface area contributed by atoms with Gasteiger partial charge in [0.1, 0.15) is 23.2 Å². The first-order chi connectivity index (χ1) is 8.54. The van der Waals surface area contributed by atoms with Crippen molar-refractivity contribution in [3.05, 3.63) is 23.2 Å². The lowest BCUT2D eigenvalue weighted by Crippen LogP contribution is -2.25. The van der Waals surface area contributed by atoms with Crippen molar-refractivity contribution in [1.82, 2.24) is 5.32 Å². The molecular formula is C12H17NO5. The van der Waals surface area contributed by atoms with Crippen LogP contribution < -0.4 is 5.32 Å². The number of hydrogen-bond acceptors (Lipinski definition) is 6. The van der Waals surface area contributed by atoms with Crippen LogP contribution in [0.2, 0.25) is 0 Å². The molecule has 1 aliphatic heterocycles. The molecular weight excluding hydrogens is 238 g/mol. The second-order valence-corrected chi connectivity index (χ2v) is 4.28. The minimum atomic E-state index is -0.939. The third-order valence-electron chi connectivity index (χ3n) is 3.02. The van der Waals surface area contributed by atoms with E-state index in [1.165, 1.54) is 0 Å². The highest BCUT2D eigenvalue weighted by atomic mass is 16.5. The highest BCUT2D eigenvalue weighted by Gasteiger charge is 2.36. The lowest BCUT2D eigenvalue weighted by atomic mass is 10.1. The molecule has 0 saturated carbocycles. The minimum Gasteiger partial charge on any atom is -0.464 e. The second-order valence-electron chi connectivity index (χ2n) is 4.28. The Bertz CT molecular complexity index is 442. The van der Waals surface area contributed by atoms with E-state index in [1.54, 1.807) is 19.9 Å². The monoisotopic (exact) mass is 255 g/mol. The van der Waals surface area contributed by atoms with Gasteiger partial charge in [0, 0.05) is 6.54 Å². The predicted octanol–water partition coefficient (Wildman–Crippen LogP) is 0.131. The van der Waals surface area contributed by atoms with E-state index in [1.807, 2.05) is 0 Å². The van der Waals surface area contributed by atoms with Gasteiger partial charge in [-0.1, -0.05) is 0 Å². The zero-order valence-corrected chi connectivity index (χ0v) is 10.3. The number of aliphatic hydroxyl groups excluding tert-OH is 2. The SMILES string of the molecule is CCOC(=O)c1cc([C@H]2NC[C@@H](O)[C@H]2O)oc1C. The summed E-state index contributed by atoms with van der Waals surface area (Å²) in [5.74, 6) is 0.427. The molecule has 0 radical (unpaired) electrons. The highest BCUT2D eigenvalue weighted by molar-refractivity contribution is 5.90. The van der Waals surface area contributed by atoms with Gasteiger partial charge in [0.25, 0.3) is 0 Å². The summed E-state index contributed by atoms with van der Waals surface area (Å²) in [6.45, 7) is 3.97. The summed E-state index contributed by atoms with van der Waals surface area (Å²) in [5, 5.41) is 22.2. The summed E-state index contributed by atoms with van der Waals surface area (Å²) in [7, 11) is 0. The van der Waals surface area contributed by atoms with Gasteiger partial charge < -0.3 is 24.7 Å². The minimum absolute atomic E-state index is 0.292. The Balaban J connectivity index is 2.21. The maximum atomic E-state index is 11.6. The number of carbonyl (C=O) groups excluding carboxylic acids is 1. The molecule has 1 aromatic heterocycles. The molecule has 3 atom stereocenters. The van der Waals surface area contributed by atoms with Crippen LogP contribution in [0, 0.1) is 6.92 Å². The average Bonchev–Trinajstić information content (AvgIpc) is 2.85. The Kier molecular flexibility index (Phi) is 3.70. The second kappa shape index (κ2) is 5.09. The molecule has 2 rings (SSSR count). The Hall–Kier alpha value is -1.37. The fourth-order valence-corrected chi connectivity index (χ4v) is 2.05. The molecule has 1 aromatic rings. The molecule has 2 heterocycles. The molecule has 0 spiro atoms. The van der Waals surface area contributed by atoms with E-state index in [4.69, 9.17) is 9.15 Å². The van der Waals surface area contributed by atoms with E-state index in [-0.39, 0.29) is 0 Å². The normalized spacial score (nSPS) is 27.4. The third-order valence-corrected chi connectivity index (χ3v) is 3.02. The van der Waals surface area contributed by atoms with Gasteiger partial charge in [-0.05, 0) is 19.9 Å². The number of hydrogen-bond donors (Lipinski definition) is 3. The maximum absolute atomic E-state index is 11.6. The number of aryl methyl sites for hydroxylation is 1. The van der Waals surface area contributed by atoms with Crippen LogP contribution in [0.3, 0.4) is 0 Å². The molecule has 18 heavy (non-hydrogen) atoms. The first-order valence-corrected chi connectivity index (χ1v) is 5.91. The quantitative estimate of drug-likeness (QED) is 0.665. The molecule has 3 N–H and O–H groups in total. The Labute approximate surface area is 105 Å².